The van der Waals surface area contributed by atoms with Crippen molar-refractivity contribution in [1.82, 2.24) is 10.2 Å². The van der Waals surface area contributed by atoms with Crippen molar-refractivity contribution >= 4 is 0 Å². The zero-order chi connectivity index (χ0) is 11.4. The second kappa shape index (κ2) is 6.02. The maximum absolute atomic E-state index is 3.72. The van der Waals surface area contributed by atoms with Crippen molar-refractivity contribution in [3.8, 4) is 0 Å². The van der Waals surface area contributed by atoms with Crippen LogP contribution in [0.4, 0.5) is 0 Å². The minimum atomic E-state index is 0.899. The Kier molecular flexibility index (Phi) is 4.66. The molecule has 1 heterocycles. The van der Waals surface area contributed by atoms with E-state index in [2.05, 4.69) is 24.2 Å². The van der Waals surface area contributed by atoms with Crippen LogP contribution in [0.2, 0.25) is 0 Å². The van der Waals surface area contributed by atoms with E-state index in [0.717, 1.165) is 17.8 Å². The summed E-state index contributed by atoms with van der Waals surface area (Å²) < 4.78 is 0. The third-order valence-electron chi connectivity index (χ3n) is 4.60. The quantitative estimate of drug-likeness (QED) is 0.788. The summed E-state index contributed by atoms with van der Waals surface area (Å²) in [7, 11) is 2.26. The summed E-state index contributed by atoms with van der Waals surface area (Å²) in [5.41, 5.74) is 0. The van der Waals surface area contributed by atoms with Gasteiger partial charge in [-0.25, -0.2) is 0 Å². The van der Waals surface area contributed by atoms with Crippen LogP contribution in [0.1, 0.15) is 39.0 Å². The third kappa shape index (κ3) is 3.46. The number of hydrogen-bond donors (Lipinski definition) is 1. The van der Waals surface area contributed by atoms with Crippen molar-refractivity contribution in [1.29, 1.82) is 0 Å². The van der Waals surface area contributed by atoms with Gasteiger partial charge in [-0.1, -0.05) is 19.8 Å². The Morgan fingerprint density at radius 3 is 2.69 bits per heavy atom. The van der Waals surface area contributed by atoms with Crippen LogP contribution in [0.5, 0.6) is 0 Å². The maximum atomic E-state index is 3.72. The molecule has 0 aromatic rings. The van der Waals surface area contributed by atoms with E-state index in [0.29, 0.717) is 0 Å². The SMILES string of the molecule is CC1CCCC1CNCC1CCCN(C)C1. The van der Waals surface area contributed by atoms with Crippen molar-refractivity contribution in [2.75, 3.05) is 33.2 Å². The Bertz CT molecular complexity index is 205. The molecule has 16 heavy (non-hydrogen) atoms. The summed E-state index contributed by atoms with van der Waals surface area (Å²) in [5, 5.41) is 3.72. The van der Waals surface area contributed by atoms with Gasteiger partial charge in [0, 0.05) is 6.54 Å². The van der Waals surface area contributed by atoms with Gasteiger partial charge in [-0.15, -0.1) is 0 Å². The first-order chi connectivity index (χ1) is 7.75. The largest absolute Gasteiger partial charge is 0.316 e. The number of hydrogen-bond acceptors (Lipinski definition) is 2. The van der Waals surface area contributed by atoms with E-state index in [1.807, 2.05) is 0 Å². The van der Waals surface area contributed by atoms with Crippen molar-refractivity contribution in [2.24, 2.45) is 17.8 Å². The molecule has 2 aliphatic rings. The third-order valence-corrected chi connectivity index (χ3v) is 4.60. The first-order valence-corrected chi connectivity index (χ1v) is 7.15. The molecule has 0 spiro atoms. The van der Waals surface area contributed by atoms with Crippen LogP contribution in [0, 0.1) is 17.8 Å². The average molecular weight is 224 g/mol. The van der Waals surface area contributed by atoms with Crippen LogP contribution in [-0.4, -0.2) is 38.1 Å². The lowest BCUT2D eigenvalue weighted by Crippen LogP contribution is -2.38. The Morgan fingerprint density at radius 1 is 1.12 bits per heavy atom. The summed E-state index contributed by atoms with van der Waals surface area (Å²) in [6.45, 7) is 7.53. The molecule has 1 N–H and O–H groups in total. The summed E-state index contributed by atoms with van der Waals surface area (Å²) in [6.07, 6.45) is 7.19. The summed E-state index contributed by atoms with van der Waals surface area (Å²) in [4.78, 5) is 2.48. The summed E-state index contributed by atoms with van der Waals surface area (Å²) in [5.74, 6) is 2.82. The van der Waals surface area contributed by atoms with E-state index in [1.54, 1.807) is 0 Å². The first kappa shape index (κ1) is 12.4. The van der Waals surface area contributed by atoms with Crippen molar-refractivity contribution in [3.63, 3.8) is 0 Å². The lowest BCUT2D eigenvalue weighted by molar-refractivity contribution is 0.203. The standard InChI is InChI=1S/C14H28N2/c1-12-5-3-7-14(12)10-15-9-13-6-4-8-16(2)11-13/h12-15H,3-11H2,1-2H3. The Hall–Kier alpha value is -0.0800. The minimum absolute atomic E-state index is 0.899. The molecule has 0 radical (unpaired) electrons. The molecule has 0 aromatic carbocycles. The van der Waals surface area contributed by atoms with E-state index >= 15 is 0 Å². The van der Waals surface area contributed by atoms with E-state index in [9.17, 15) is 0 Å². The van der Waals surface area contributed by atoms with Crippen molar-refractivity contribution in [3.05, 3.63) is 0 Å². The highest BCUT2D eigenvalue weighted by molar-refractivity contribution is 4.78. The second-order valence-corrected chi connectivity index (χ2v) is 6.10. The average Bonchev–Trinajstić information content (AvgIpc) is 2.65. The molecule has 0 aromatic heterocycles. The molecule has 2 rings (SSSR count). The van der Waals surface area contributed by atoms with Gasteiger partial charge in [-0.2, -0.15) is 0 Å². The van der Waals surface area contributed by atoms with Crippen LogP contribution >= 0.6 is 0 Å². The highest BCUT2D eigenvalue weighted by Crippen LogP contribution is 2.30. The van der Waals surface area contributed by atoms with E-state index in [1.165, 1.54) is 58.3 Å². The molecule has 1 aliphatic heterocycles. The number of likely N-dealkylation sites (tertiary alicyclic amines) is 1. The molecule has 1 aliphatic carbocycles. The lowest BCUT2D eigenvalue weighted by atomic mass is 9.96. The fourth-order valence-corrected chi connectivity index (χ4v) is 3.44. The summed E-state index contributed by atoms with van der Waals surface area (Å²) >= 11 is 0. The van der Waals surface area contributed by atoms with Gasteiger partial charge in [-0.05, 0) is 63.7 Å². The molecular formula is C14H28N2. The zero-order valence-corrected chi connectivity index (χ0v) is 11.0. The van der Waals surface area contributed by atoms with Gasteiger partial charge >= 0.3 is 0 Å². The molecule has 1 saturated heterocycles. The van der Waals surface area contributed by atoms with Crippen molar-refractivity contribution in [2.45, 2.75) is 39.0 Å². The van der Waals surface area contributed by atoms with Crippen LogP contribution in [0.25, 0.3) is 0 Å². The molecule has 2 fully saturated rings. The summed E-state index contributed by atoms with van der Waals surface area (Å²) in [6, 6.07) is 0. The second-order valence-electron chi connectivity index (χ2n) is 6.10. The number of nitrogens with one attached hydrogen (secondary N) is 1. The van der Waals surface area contributed by atoms with Crippen LogP contribution in [0.3, 0.4) is 0 Å². The highest BCUT2D eigenvalue weighted by Gasteiger charge is 2.23. The van der Waals surface area contributed by atoms with Gasteiger partial charge in [0.25, 0.3) is 0 Å². The van der Waals surface area contributed by atoms with Crippen LogP contribution in [0.15, 0.2) is 0 Å². The topological polar surface area (TPSA) is 15.3 Å². The van der Waals surface area contributed by atoms with Gasteiger partial charge in [-0.3, -0.25) is 0 Å². The molecule has 94 valence electrons. The minimum Gasteiger partial charge on any atom is -0.316 e. The molecule has 0 amide bonds. The normalized spacial score (nSPS) is 36.8. The number of rotatable bonds is 4. The molecule has 2 heteroatoms. The fourth-order valence-electron chi connectivity index (χ4n) is 3.44. The molecule has 3 atom stereocenters. The van der Waals surface area contributed by atoms with Gasteiger partial charge in [0.1, 0.15) is 0 Å². The van der Waals surface area contributed by atoms with E-state index in [-0.39, 0.29) is 0 Å². The van der Waals surface area contributed by atoms with E-state index < -0.39 is 0 Å². The zero-order valence-electron chi connectivity index (χ0n) is 11.0. The highest BCUT2D eigenvalue weighted by atomic mass is 15.1. The van der Waals surface area contributed by atoms with Crippen LogP contribution < -0.4 is 5.32 Å². The predicted molar refractivity (Wildman–Crippen MR) is 69.6 cm³/mol. The van der Waals surface area contributed by atoms with Crippen LogP contribution in [-0.2, 0) is 0 Å². The Morgan fingerprint density at radius 2 is 2.00 bits per heavy atom. The molecular weight excluding hydrogens is 196 g/mol. The number of piperidine rings is 1. The predicted octanol–water partition coefficient (Wildman–Crippen LogP) is 2.35. The Labute approximate surface area is 101 Å². The molecule has 3 unspecified atom stereocenters. The number of nitrogens with zero attached hydrogens (tertiary/aromatic N) is 1. The smallest absolute Gasteiger partial charge is 0.00187 e. The molecule has 0 bridgehead atoms. The maximum Gasteiger partial charge on any atom is 0.00187 e. The first-order valence-electron chi connectivity index (χ1n) is 7.15. The van der Waals surface area contributed by atoms with E-state index in [4.69, 9.17) is 0 Å². The monoisotopic (exact) mass is 224 g/mol. The fraction of sp³-hybridized carbons (Fsp3) is 1.00. The van der Waals surface area contributed by atoms with Gasteiger partial charge in [0.15, 0.2) is 0 Å². The molecule has 1 saturated carbocycles. The van der Waals surface area contributed by atoms with Gasteiger partial charge < -0.3 is 10.2 Å². The Balaban J connectivity index is 1.60. The van der Waals surface area contributed by atoms with Crippen molar-refractivity contribution < 1.29 is 0 Å². The lowest BCUT2D eigenvalue weighted by Gasteiger charge is -2.30. The van der Waals surface area contributed by atoms with Gasteiger partial charge in [0.05, 0.1) is 0 Å². The molecule has 2 nitrogen and oxygen atoms in total. The van der Waals surface area contributed by atoms with Gasteiger partial charge in [0.2, 0.25) is 0 Å².